The smallest absolute Gasteiger partial charge is 0.298 e. The lowest BCUT2D eigenvalue weighted by molar-refractivity contribution is 0.174. The Morgan fingerprint density at radius 1 is 0.970 bits per heavy atom. The molecule has 6 nitrogen and oxygen atoms in total. The fourth-order valence-corrected chi connectivity index (χ4v) is 4.80. The van der Waals surface area contributed by atoms with Gasteiger partial charge in [0.15, 0.2) is 16.7 Å². The zero-order valence-corrected chi connectivity index (χ0v) is 18.1. The van der Waals surface area contributed by atoms with Gasteiger partial charge < -0.3 is 13.9 Å². The van der Waals surface area contributed by atoms with Crippen LogP contribution in [0.3, 0.4) is 0 Å². The second-order valence-corrected chi connectivity index (χ2v) is 8.61. The third-order valence-corrected chi connectivity index (χ3v) is 6.55. The van der Waals surface area contributed by atoms with Crippen LogP contribution in [-0.2, 0) is 12.3 Å². The molecule has 33 heavy (non-hydrogen) atoms. The van der Waals surface area contributed by atoms with Crippen molar-refractivity contribution in [1.29, 1.82) is 0 Å². The highest BCUT2D eigenvalue weighted by Gasteiger charge is 2.19. The molecule has 0 amide bonds. The van der Waals surface area contributed by atoms with Crippen LogP contribution in [0, 0.1) is 5.82 Å². The average Bonchev–Trinajstić information content (AvgIpc) is 3.45. The summed E-state index contributed by atoms with van der Waals surface area (Å²) in [6.07, 6.45) is 0. The summed E-state index contributed by atoms with van der Waals surface area (Å²) in [5.74, 6) is 1.59. The van der Waals surface area contributed by atoms with Crippen LogP contribution in [0.15, 0.2) is 81.1 Å². The van der Waals surface area contributed by atoms with Gasteiger partial charge in [0, 0.05) is 11.1 Å². The van der Waals surface area contributed by atoms with E-state index in [4.69, 9.17) is 18.9 Å². The van der Waals surface area contributed by atoms with Gasteiger partial charge in [-0.05, 0) is 47.5 Å². The SMILES string of the molecule is O=c1c2oc3ccccc3c2nc(SCc2ccc(F)cc2)n1Cc1ccc2c(c1)OCO2. The Morgan fingerprint density at radius 2 is 1.76 bits per heavy atom. The molecule has 0 fully saturated rings. The first-order valence-electron chi connectivity index (χ1n) is 10.3. The predicted octanol–water partition coefficient (Wildman–Crippen LogP) is 5.35. The van der Waals surface area contributed by atoms with Gasteiger partial charge in [0.25, 0.3) is 5.56 Å². The predicted molar refractivity (Wildman–Crippen MR) is 123 cm³/mol. The molecule has 0 spiro atoms. The van der Waals surface area contributed by atoms with Crippen molar-refractivity contribution in [3.8, 4) is 11.5 Å². The minimum absolute atomic E-state index is 0.185. The molecular formula is C25H17FN2O4S. The summed E-state index contributed by atoms with van der Waals surface area (Å²) in [5, 5.41) is 1.35. The van der Waals surface area contributed by atoms with Gasteiger partial charge in [0.2, 0.25) is 12.4 Å². The van der Waals surface area contributed by atoms with Crippen LogP contribution in [0.4, 0.5) is 4.39 Å². The maximum absolute atomic E-state index is 13.5. The van der Waals surface area contributed by atoms with Gasteiger partial charge >= 0.3 is 0 Å². The van der Waals surface area contributed by atoms with Crippen molar-refractivity contribution in [2.45, 2.75) is 17.5 Å². The van der Waals surface area contributed by atoms with E-state index in [-0.39, 0.29) is 23.8 Å². The largest absolute Gasteiger partial charge is 0.454 e. The quantitative estimate of drug-likeness (QED) is 0.260. The number of halogens is 1. The van der Waals surface area contributed by atoms with Crippen LogP contribution < -0.4 is 15.0 Å². The van der Waals surface area contributed by atoms with Crippen molar-refractivity contribution in [1.82, 2.24) is 9.55 Å². The Morgan fingerprint density at radius 3 is 2.64 bits per heavy atom. The van der Waals surface area contributed by atoms with Gasteiger partial charge in [-0.2, -0.15) is 0 Å². The van der Waals surface area contributed by atoms with Crippen molar-refractivity contribution in [3.05, 3.63) is 94.0 Å². The van der Waals surface area contributed by atoms with E-state index in [1.54, 1.807) is 16.7 Å². The standard InChI is InChI=1S/C25H17FN2O4S/c26-17-8-5-15(6-9-17)13-33-25-27-22-18-3-1-2-4-19(18)32-23(22)24(29)28(25)12-16-7-10-20-21(11-16)31-14-30-20/h1-11H,12-14H2. The molecule has 5 aromatic rings. The van der Waals surface area contributed by atoms with E-state index in [0.717, 1.165) is 16.5 Å². The highest BCUT2D eigenvalue weighted by atomic mass is 32.2. The van der Waals surface area contributed by atoms with E-state index in [9.17, 15) is 9.18 Å². The molecule has 1 aliphatic rings. The van der Waals surface area contributed by atoms with Crippen molar-refractivity contribution in [2.75, 3.05) is 6.79 Å². The number of furan rings is 1. The number of benzene rings is 3. The highest BCUT2D eigenvalue weighted by Crippen LogP contribution is 2.33. The fourth-order valence-electron chi connectivity index (χ4n) is 3.85. The van der Waals surface area contributed by atoms with Crippen LogP contribution in [0.25, 0.3) is 22.1 Å². The molecule has 2 aromatic heterocycles. The molecule has 1 aliphatic heterocycles. The minimum Gasteiger partial charge on any atom is -0.454 e. The van der Waals surface area contributed by atoms with E-state index in [1.807, 2.05) is 42.5 Å². The maximum atomic E-state index is 13.5. The molecule has 0 saturated heterocycles. The molecule has 0 saturated carbocycles. The number of ether oxygens (including phenoxy) is 2. The molecular weight excluding hydrogens is 443 g/mol. The Balaban J connectivity index is 1.45. The Hall–Kier alpha value is -3.78. The fraction of sp³-hybridized carbons (Fsp3) is 0.120. The lowest BCUT2D eigenvalue weighted by atomic mass is 10.2. The van der Waals surface area contributed by atoms with Gasteiger partial charge in [-0.1, -0.05) is 42.1 Å². The molecule has 164 valence electrons. The first-order valence-corrected chi connectivity index (χ1v) is 11.3. The number of nitrogens with zero attached hydrogens (tertiary/aromatic N) is 2. The highest BCUT2D eigenvalue weighted by molar-refractivity contribution is 7.98. The number of hydrogen-bond acceptors (Lipinski definition) is 6. The summed E-state index contributed by atoms with van der Waals surface area (Å²) in [6, 6.07) is 19.4. The summed E-state index contributed by atoms with van der Waals surface area (Å²) < 4.78 is 31.7. The molecule has 0 radical (unpaired) electrons. The summed E-state index contributed by atoms with van der Waals surface area (Å²) in [4.78, 5) is 18.4. The lowest BCUT2D eigenvalue weighted by Crippen LogP contribution is -2.23. The van der Waals surface area contributed by atoms with Crippen molar-refractivity contribution < 1.29 is 18.3 Å². The summed E-state index contributed by atoms with van der Waals surface area (Å²) in [7, 11) is 0. The van der Waals surface area contributed by atoms with E-state index >= 15 is 0 Å². The Kier molecular flexibility index (Phi) is 4.80. The first kappa shape index (κ1) is 19.9. The van der Waals surface area contributed by atoms with Gasteiger partial charge in [0.05, 0.1) is 6.54 Å². The van der Waals surface area contributed by atoms with Crippen molar-refractivity contribution in [3.63, 3.8) is 0 Å². The van der Waals surface area contributed by atoms with Crippen LogP contribution in [0.5, 0.6) is 11.5 Å². The van der Waals surface area contributed by atoms with Crippen molar-refractivity contribution in [2.24, 2.45) is 0 Å². The van der Waals surface area contributed by atoms with Crippen LogP contribution in [-0.4, -0.2) is 16.3 Å². The normalized spacial score (nSPS) is 12.6. The van der Waals surface area contributed by atoms with Gasteiger partial charge in [-0.3, -0.25) is 9.36 Å². The molecule has 0 N–H and O–H groups in total. The van der Waals surface area contributed by atoms with Crippen LogP contribution in [0.2, 0.25) is 0 Å². The first-order chi connectivity index (χ1) is 16.2. The van der Waals surface area contributed by atoms with E-state index < -0.39 is 0 Å². The molecule has 3 aromatic carbocycles. The number of aromatic nitrogens is 2. The molecule has 0 aliphatic carbocycles. The number of para-hydroxylation sites is 1. The summed E-state index contributed by atoms with van der Waals surface area (Å²) in [6.45, 7) is 0.477. The molecule has 3 heterocycles. The summed E-state index contributed by atoms with van der Waals surface area (Å²) >= 11 is 1.42. The number of hydrogen-bond donors (Lipinski definition) is 0. The van der Waals surface area contributed by atoms with Gasteiger partial charge in [-0.15, -0.1) is 0 Å². The third kappa shape index (κ3) is 3.62. The second kappa shape index (κ2) is 7.97. The average molecular weight is 460 g/mol. The maximum Gasteiger partial charge on any atom is 0.298 e. The molecule has 0 unspecified atom stereocenters. The monoisotopic (exact) mass is 460 g/mol. The number of thioether (sulfide) groups is 1. The second-order valence-electron chi connectivity index (χ2n) is 7.66. The zero-order valence-electron chi connectivity index (χ0n) is 17.3. The van der Waals surface area contributed by atoms with Crippen molar-refractivity contribution >= 4 is 33.8 Å². The van der Waals surface area contributed by atoms with E-state index in [0.29, 0.717) is 40.1 Å². The van der Waals surface area contributed by atoms with E-state index in [2.05, 4.69) is 0 Å². The van der Waals surface area contributed by atoms with Gasteiger partial charge in [-0.25, -0.2) is 9.37 Å². The minimum atomic E-state index is -0.284. The molecule has 0 atom stereocenters. The van der Waals surface area contributed by atoms with Gasteiger partial charge in [0.1, 0.15) is 16.9 Å². The third-order valence-electron chi connectivity index (χ3n) is 5.51. The summed E-state index contributed by atoms with van der Waals surface area (Å²) in [5.41, 5.74) is 2.94. The molecule has 6 rings (SSSR count). The number of fused-ring (bicyclic) bond motifs is 4. The Bertz CT molecular complexity index is 1560. The van der Waals surface area contributed by atoms with Crippen LogP contribution >= 0.6 is 11.8 Å². The molecule has 0 bridgehead atoms. The van der Waals surface area contributed by atoms with E-state index in [1.165, 1.54) is 23.9 Å². The Labute approximate surface area is 191 Å². The zero-order chi connectivity index (χ0) is 22.4. The number of rotatable bonds is 5. The topological polar surface area (TPSA) is 66.5 Å². The molecule has 8 heteroatoms. The lowest BCUT2D eigenvalue weighted by Gasteiger charge is -2.12. The van der Waals surface area contributed by atoms with Crippen LogP contribution in [0.1, 0.15) is 11.1 Å².